The number of carbonyl (C=O) groups excluding carboxylic acids is 1. The molecule has 0 saturated carbocycles. The Kier molecular flexibility index (Phi) is 4.73. The van der Waals surface area contributed by atoms with E-state index in [0.29, 0.717) is 24.6 Å². The van der Waals surface area contributed by atoms with Crippen LogP contribution in [0.25, 0.3) is 0 Å². The van der Waals surface area contributed by atoms with Crippen LogP contribution in [0.15, 0.2) is 24.3 Å². The van der Waals surface area contributed by atoms with Crippen LogP contribution in [0.5, 0.6) is 5.75 Å². The monoisotopic (exact) mass is 292 g/mol. The minimum atomic E-state index is -0.899. The fourth-order valence-corrected chi connectivity index (χ4v) is 2.60. The van der Waals surface area contributed by atoms with E-state index in [9.17, 15) is 9.90 Å². The summed E-state index contributed by atoms with van der Waals surface area (Å²) in [6.45, 7) is 6.48. The van der Waals surface area contributed by atoms with E-state index in [1.165, 1.54) is 0 Å². The molecule has 1 amide bonds. The lowest BCUT2D eigenvalue weighted by Crippen LogP contribution is -2.49. The second kappa shape index (κ2) is 6.35. The van der Waals surface area contributed by atoms with Gasteiger partial charge < -0.3 is 20.5 Å². The van der Waals surface area contributed by atoms with Crippen molar-refractivity contribution in [2.75, 3.05) is 18.4 Å². The molecule has 0 aliphatic carbocycles. The first kappa shape index (κ1) is 15.6. The van der Waals surface area contributed by atoms with Crippen molar-refractivity contribution < 1.29 is 14.6 Å². The Bertz CT molecular complexity index is 500. The van der Waals surface area contributed by atoms with E-state index in [-0.39, 0.29) is 12.5 Å². The number of aliphatic hydroxyl groups is 1. The van der Waals surface area contributed by atoms with Gasteiger partial charge in [-0.25, -0.2) is 0 Å². The zero-order valence-electron chi connectivity index (χ0n) is 12.8. The summed E-state index contributed by atoms with van der Waals surface area (Å²) >= 11 is 0. The van der Waals surface area contributed by atoms with Gasteiger partial charge in [0, 0.05) is 6.54 Å². The van der Waals surface area contributed by atoms with Crippen LogP contribution in [0.3, 0.4) is 0 Å². The zero-order chi connectivity index (χ0) is 15.5. The van der Waals surface area contributed by atoms with Gasteiger partial charge in [0.25, 0.3) is 5.91 Å². The van der Waals surface area contributed by atoms with Gasteiger partial charge in [-0.05, 0) is 31.4 Å². The van der Waals surface area contributed by atoms with Gasteiger partial charge in [0.15, 0.2) is 6.10 Å². The maximum absolute atomic E-state index is 12.2. The van der Waals surface area contributed by atoms with E-state index >= 15 is 0 Å². The van der Waals surface area contributed by atoms with Crippen LogP contribution in [0.1, 0.15) is 27.2 Å². The Labute approximate surface area is 125 Å². The lowest BCUT2D eigenvalue weighted by atomic mass is 9.94. The smallest absolute Gasteiger partial charge is 0.263 e. The molecule has 0 radical (unpaired) electrons. The van der Waals surface area contributed by atoms with Crippen molar-refractivity contribution in [1.82, 2.24) is 5.32 Å². The summed E-state index contributed by atoms with van der Waals surface area (Å²) in [5.74, 6) is 0.843. The Morgan fingerprint density at radius 2 is 2.24 bits per heavy atom. The molecule has 2 rings (SSSR count). The molecule has 0 bridgehead atoms. The normalized spacial score (nSPS) is 20.0. The number of nitrogens with one attached hydrogen (secondary N) is 2. The minimum absolute atomic E-state index is 0.207. The van der Waals surface area contributed by atoms with Gasteiger partial charge in [0.2, 0.25) is 0 Å². The average Bonchev–Trinajstić information content (AvgIpc) is 2.43. The molecular weight excluding hydrogens is 268 g/mol. The van der Waals surface area contributed by atoms with Crippen molar-refractivity contribution in [3.05, 3.63) is 24.3 Å². The number of hydrogen-bond acceptors (Lipinski definition) is 4. The maximum Gasteiger partial charge on any atom is 0.263 e. The molecule has 0 fully saturated rings. The van der Waals surface area contributed by atoms with E-state index < -0.39 is 11.7 Å². The van der Waals surface area contributed by atoms with E-state index in [0.717, 1.165) is 5.69 Å². The highest BCUT2D eigenvalue weighted by atomic mass is 16.5. The highest BCUT2D eigenvalue weighted by Gasteiger charge is 2.28. The van der Waals surface area contributed by atoms with E-state index in [1.54, 1.807) is 6.92 Å². The third-order valence-electron chi connectivity index (χ3n) is 3.42. The number of rotatable bonds is 5. The third-order valence-corrected chi connectivity index (χ3v) is 3.42. The van der Waals surface area contributed by atoms with E-state index in [2.05, 4.69) is 10.6 Å². The van der Waals surface area contributed by atoms with Crippen LogP contribution in [0.2, 0.25) is 0 Å². The van der Waals surface area contributed by atoms with Crippen LogP contribution in [0.4, 0.5) is 5.69 Å². The zero-order valence-corrected chi connectivity index (χ0v) is 12.8. The molecule has 5 nitrogen and oxygen atoms in total. The van der Waals surface area contributed by atoms with E-state index in [4.69, 9.17) is 4.74 Å². The van der Waals surface area contributed by atoms with Gasteiger partial charge >= 0.3 is 0 Å². The summed E-state index contributed by atoms with van der Waals surface area (Å²) in [6, 6.07) is 7.53. The van der Waals surface area contributed by atoms with Crippen molar-refractivity contribution >= 4 is 11.6 Å². The molecule has 0 saturated heterocycles. The summed E-state index contributed by atoms with van der Waals surface area (Å²) in [5.41, 5.74) is -0.00235. The van der Waals surface area contributed by atoms with Crippen molar-refractivity contribution in [1.29, 1.82) is 0 Å². The largest absolute Gasteiger partial charge is 0.477 e. The number of benzene rings is 1. The number of carbonyl (C=O) groups is 1. The number of ether oxygens (including phenoxy) is 1. The molecule has 3 N–H and O–H groups in total. The summed E-state index contributed by atoms with van der Waals surface area (Å²) in [6.07, 6.45) is 0.0645. The Hall–Kier alpha value is -1.75. The molecule has 1 heterocycles. The minimum Gasteiger partial charge on any atom is -0.477 e. The lowest BCUT2D eigenvalue weighted by Gasteiger charge is -2.29. The average molecular weight is 292 g/mol. The molecule has 5 heteroatoms. The van der Waals surface area contributed by atoms with Crippen molar-refractivity contribution in [2.24, 2.45) is 5.92 Å². The SMILES string of the molecule is CC(C)CC(C)(O)CNC(=O)C1CNc2ccccc2O1. The van der Waals surface area contributed by atoms with Gasteiger partial charge in [-0.3, -0.25) is 4.79 Å². The molecule has 1 aliphatic rings. The summed E-state index contributed by atoms with van der Waals surface area (Å²) in [5, 5.41) is 16.2. The van der Waals surface area contributed by atoms with Crippen LogP contribution >= 0.6 is 0 Å². The first-order valence-electron chi connectivity index (χ1n) is 7.37. The van der Waals surface area contributed by atoms with Crippen LogP contribution < -0.4 is 15.4 Å². The molecule has 2 unspecified atom stereocenters. The van der Waals surface area contributed by atoms with Crippen molar-refractivity contribution in [3.8, 4) is 5.75 Å². The number of para-hydroxylation sites is 2. The fourth-order valence-electron chi connectivity index (χ4n) is 2.60. The molecule has 1 aromatic carbocycles. The second-order valence-electron chi connectivity index (χ2n) is 6.30. The predicted molar refractivity (Wildman–Crippen MR) is 82.4 cm³/mol. The number of amides is 1. The molecular formula is C16H24N2O3. The van der Waals surface area contributed by atoms with Crippen LogP contribution in [-0.4, -0.2) is 35.8 Å². The quantitative estimate of drug-likeness (QED) is 0.773. The standard InChI is InChI=1S/C16H24N2O3/c1-11(2)8-16(3,20)10-18-15(19)14-9-17-12-6-4-5-7-13(12)21-14/h4-7,11,14,17,20H,8-10H2,1-3H3,(H,18,19). The molecule has 21 heavy (non-hydrogen) atoms. The van der Waals surface area contributed by atoms with Gasteiger partial charge in [-0.2, -0.15) is 0 Å². The third kappa shape index (κ3) is 4.36. The molecule has 1 aliphatic heterocycles. The van der Waals surface area contributed by atoms with Crippen LogP contribution in [-0.2, 0) is 4.79 Å². The maximum atomic E-state index is 12.2. The second-order valence-corrected chi connectivity index (χ2v) is 6.30. The summed E-state index contributed by atoms with van der Waals surface area (Å²) < 4.78 is 5.68. The molecule has 0 aromatic heterocycles. The van der Waals surface area contributed by atoms with Gasteiger partial charge in [0.1, 0.15) is 5.75 Å². The Balaban J connectivity index is 1.88. The Morgan fingerprint density at radius 1 is 1.52 bits per heavy atom. The predicted octanol–water partition coefficient (Wildman–Crippen LogP) is 1.77. The molecule has 0 spiro atoms. The van der Waals surface area contributed by atoms with Gasteiger partial charge in [0.05, 0.1) is 17.8 Å². The first-order valence-corrected chi connectivity index (χ1v) is 7.37. The Morgan fingerprint density at radius 3 is 2.95 bits per heavy atom. The van der Waals surface area contributed by atoms with Crippen molar-refractivity contribution in [2.45, 2.75) is 38.9 Å². The molecule has 1 aromatic rings. The summed E-state index contributed by atoms with van der Waals surface area (Å²) in [4.78, 5) is 12.2. The number of fused-ring (bicyclic) bond motifs is 1. The number of anilines is 1. The van der Waals surface area contributed by atoms with Crippen LogP contribution in [0, 0.1) is 5.92 Å². The topological polar surface area (TPSA) is 70.6 Å². The molecule has 2 atom stereocenters. The van der Waals surface area contributed by atoms with Gasteiger partial charge in [-0.15, -0.1) is 0 Å². The highest BCUT2D eigenvalue weighted by molar-refractivity contribution is 5.83. The van der Waals surface area contributed by atoms with E-state index in [1.807, 2.05) is 38.1 Å². The van der Waals surface area contributed by atoms with Crippen molar-refractivity contribution in [3.63, 3.8) is 0 Å². The summed E-state index contributed by atoms with van der Waals surface area (Å²) in [7, 11) is 0. The first-order chi connectivity index (χ1) is 9.87. The fraction of sp³-hybridized carbons (Fsp3) is 0.562. The highest BCUT2D eigenvalue weighted by Crippen LogP contribution is 2.28. The molecule has 116 valence electrons. The number of hydrogen-bond donors (Lipinski definition) is 3. The lowest BCUT2D eigenvalue weighted by molar-refractivity contribution is -0.128. The van der Waals surface area contributed by atoms with Gasteiger partial charge in [-0.1, -0.05) is 26.0 Å².